The molecule has 6 N–H and O–H groups in total. The summed E-state index contributed by atoms with van der Waals surface area (Å²) in [6.07, 6.45) is 3.03. The van der Waals surface area contributed by atoms with Gasteiger partial charge in [-0.05, 0) is 49.1 Å². The molecular formula is C30H41N7O3. The first-order valence-corrected chi connectivity index (χ1v) is 13.3. The number of hydrogen-bond acceptors (Lipinski definition) is 8. The number of rotatable bonds is 8. The maximum Gasteiger partial charge on any atom is 0.255 e. The molecule has 40 heavy (non-hydrogen) atoms. The molecule has 1 amide bonds. The van der Waals surface area contributed by atoms with E-state index in [0.717, 1.165) is 33.7 Å². The lowest BCUT2D eigenvalue weighted by Crippen LogP contribution is -2.49. The lowest BCUT2D eigenvalue weighted by molar-refractivity contribution is -0.00324. The highest BCUT2D eigenvalue weighted by molar-refractivity contribution is 6.05. The average molecular weight is 548 g/mol. The van der Waals surface area contributed by atoms with Crippen LogP contribution in [0, 0.1) is 13.8 Å². The molecule has 0 atom stereocenters. The second kappa shape index (κ2) is 11.3. The molecule has 10 heteroatoms. The van der Waals surface area contributed by atoms with E-state index >= 15 is 0 Å². The molecule has 4 rings (SSSR count). The number of benzene rings is 2. The van der Waals surface area contributed by atoms with Crippen molar-refractivity contribution in [2.24, 2.45) is 18.6 Å². The molecule has 1 aromatic heterocycles. The summed E-state index contributed by atoms with van der Waals surface area (Å²) in [7, 11) is 3.52. The third kappa shape index (κ3) is 6.14. The van der Waals surface area contributed by atoms with Crippen molar-refractivity contribution >= 4 is 23.0 Å². The van der Waals surface area contributed by atoms with Gasteiger partial charge in [0.15, 0.2) is 0 Å². The number of aromatic nitrogens is 2. The second-order valence-electron chi connectivity index (χ2n) is 11.5. The number of nitrogens with zero attached hydrogens (tertiary/aromatic N) is 4. The molecule has 214 valence electrons. The summed E-state index contributed by atoms with van der Waals surface area (Å²) in [6, 6.07) is 9.30. The number of aliphatic hydroxyl groups excluding tert-OH is 1. The Morgan fingerprint density at radius 3 is 2.52 bits per heavy atom. The molecule has 10 nitrogen and oxygen atoms in total. The van der Waals surface area contributed by atoms with Gasteiger partial charge in [0.25, 0.3) is 5.91 Å². The van der Waals surface area contributed by atoms with E-state index < -0.39 is 0 Å². The van der Waals surface area contributed by atoms with E-state index in [9.17, 15) is 9.90 Å². The van der Waals surface area contributed by atoms with Gasteiger partial charge in [0.1, 0.15) is 5.75 Å². The smallest absolute Gasteiger partial charge is 0.255 e. The van der Waals surface area contributed by atoms with Gasteiger partial charge in [-0.1, -0.05) is 26.8 Å². The van der Waals surface area contributed by atoms with Crippen molar-refractivity contribution in [3.05, 3.63) is 76.2 Å². The number of carbonyl (C=O) groups excluding carboxylic acids is 1. The van der Waals surface area contributed by atoms with Crippen LogP contribution in [0.5, 0.6) is 5.75 Å². The molecule has 1 aliphatic rings. The Kier molecular flexibility index (Phi) is 8.25. The molecular weight excluding hydrogens is 506 g/mol. The molecule has 3 aromatic rings. The van der Waals surface area contributed by atoms with Gasteiger partial charge in [0.05, 0.1) is 30.8 Å². The number of β-amino-alcohol motifs (C(OH)–C–C–N with tert-alkyl or cyclic N) is 1. The summed E-state index contributed by atoms with van der Waals surface area (Å²) in [4.78, 5) is 15.6. The monoisotopic (exact) mass is 547 g/mol. The Hall–Kier alpha value is -3.86. The van der Waals surface area contributed by atoms with E-state index in [0.29, 0.717) is 42.3 Å². The number of methoxy groups -OCH3 is 1. The molecule has 1 aliphatic heterocycles. The Morgan fingerprint density at radius 2 is 1.95 bits per heavy atom. The minimum absolute atomic E-state index is 0.217. The first kappa shape index (κ1) is 29.1. The molecule has 0 aliphatic carbocycles. The van der Waals surface area contributed by atoms with E-state index in [1.54, 1.807) is 36.3 Å². The van der Waals surface area contributed by atoms with Crippen LogP contribution in [-0.2, 0) is 19.0 Å². The number of nitrogens with two attached hydrogens (primary N) is 2. The maximum atomic E-state index is 13.5. The van der Waals surface area contributed by atoms with Gasteiger partial charge in [-0.25, -0.2) is 5.84 Å². The highest BCUT2D eigenvalue weighted by Crippen LogP contribution is 2.38. The molecule has 0 unspecified atom stereocenters. The molecule has 2 aromatic carbocycles. The highest BCUT2D eigenvalue weighted by Gasteiger charge is 2.28. The number of aryl methyl sites for hydroxylation is 2. The van der Waals surface area contributed by atoms with Gasteiger partial charge in [-0.2, -0.15) is 5.10 Å². The topological polar surface area (TPSA) is 135 Å². The fourth-order valence-electron chi connectivity index (χ4n) is 4.89. The molecule has 0 radical (unpaired) electrons. The van der Waals surface area contributed by atoms with Crippen molar-refractivity contribution in [1.82, 2.24) is 14.7 Å². The number of hydrogen-bond donors (Lipinski definition) is 4. The van der Waals surface area contributed by atoms with Crippen molar-refractivity contribution in [1.29, 1.82) is 0 Å². The van der Waals surface area contributed by atoms with Crippen LogP contribution >= 0.6 is 0 Å². The number of carbonyl (C=O) groups is 1. The summed E-state index contributed by atoms with van der Waals surface area (Å²) in [5, 5.41) is 18.5. The summed E-state index contributed by atoms with van der Waals surface area (Å²) in [6.45, 7) is 12.0. The van der Waals surface area contributed by atoms with Gasteiger partial charge in [-0.3, -0.25) is 19.4 Å². The number of likely N-dealkylation sites (tertiary alicyclic amines) is 1. The third-order valence-corrected chi connectivity index (χ3v) is 7.34. The minimum atomic E-state index is -0.299. The molecule has 2 heterocycles. The van der Waals surface area contributed by atoms with Crippen molar-refractivity contribution < 1.29 is 14.6 Å². The van der Waals surface area contributed by atoms with Crippen molar-refractivity contribution in [2.45, 2.75) is 52.7 Å². The quantitative estimate of drug-likeness (QED) is 0.249. The zero-order valence-corrected chi connectivity index (χ0v) is 24.4. The van der Waals surface area contributed by atoms with Crippen molar-refractivity contribution in [3.8, 4) is 5.75 Å². The van der Waals surface area contributed by atoms with E-state index in [-0.39, 0.29) is 17.4 Å². The number of hydrazine groups is 1. The largest absolute Gasteiger partial charge is 0.496 e. The summed E-state index contributed by atoms with van der Waals surface area (Å²) >= 11 is 0. The van der Waals surface area contributed by atoms with Crippen molar-refractivity contribution in [2.75, 3.05) is 30.5 Å². The molecule has 1 saturated heterocycles. The summed E-state index contributed by atoms with van der Waals surface area (Å²) < 4.78 is 7.57. The fraction of sp³-hybridized carbons (Fsp3) is 0.400. The van der Waals surface area contributed by atoms with Crippen LogP contribution in [0.4, 0.5) is 11.4 Å². The predicted molar refractivity (Wildman–Crippen MR) is 159 cm³/mol. The van der Waals surface area contributed by atoms with Crippen LogP contribution < -0.4 is 26.6 Å². The lowest BCUT2D eigenvalue weighted by Gasteiger charge is -2.36. The molecule has 0 saturated carbocycles. The predicted octanol–water partition coefficient (Wildman–Crippen LogP) is 3.41. The van der Waals surface area contributed by atoms with Crippen LogP contribution in [0.1, 0.15) is 59.1 Å². The first-order chi connectivity index (χ1) is 18.8. The second-order valence-corrected chi connectivity index (χ2v) is 11.5. The lowest BCUT2D eigenvalue weighted by atomic mass is 9.84. The molecule has 0 spiro atoms. The van der Waals surface area contributed by atoms with Crippen molar-refractivity contribution in [3.63, 3.8) is 0 Å². The van der Waals surface area contributed by atoms with Gasteiger partial charge < -0.3 is 20.9 Å². The maximum absolute atomic E-state index is 13.5. The fourth-order valence-corrected chi connectivity index (χ4v) is 4.89. The first-order valence-electron chi connectivity index (χ1n) is 13.3. The number of amides is 1. The standard InChI is InChI=1S/C30H41N7O3/c1-18-8-9-20(11-27(18)37(32)17-26(31)24-13-33-35(6)19(24)2)29(39)34-22-10-21(14-36-15-23(38)16-36)28(40-7)25(12-22)30(3,4)5/h8-13,17,23,38H,14-16,31-32H2,1-7H3,(H,34,39)/b26-17-. The SMILES string of the molecule is COc1c(CN2CC(O)C2)cc(NC(=O)c2ccc(C)c(N(N)/C=C(\N)c3cnn(C)c3C)c2)cc1C(C)(C)C. The van der Waals surface area contributed by atoms with Crippen LogP contribution in [-0.4, -0.2) is 52.0 Å². The molecule has 1 fully saturated rings. The van der Waals surface area contributed by atoms with E-state index in [2.05, 4.69) is 36.1 Å². The van der Waals surface area contributed by atoms with Crippen LogP contribution in [0.25, 0.3) is 5.70 Å². The number of aliphatic hydroxyl groups is 1. The van der Waals surface area contributed by atoms with Crippen LogP contribution in [0.3, 0.4) is 0 Å². The van der Waals surface area contributed by atoms with Crippen LogP contribution in [0.2, 0.25) is 0 Å². The minimum Gasteiger partial charge on any atom is -0.496 e. The Morgan fingerprint density at radius 1 is 1.25 bits per heavy atom. The van der Waals surface area contributed by atoms with E-state index in [1.807, 2.05) is 39.1 Å². The summed E-state index contributed by atoms with van der Waals surface area (Å²) in [5.41, 5.74) is 12.9. The van der Waals surface area contributed by atoms with Gasteiger partial charge in [-0.15, -0.1) is 0 Å². The number of nitrogens with one attached hydrogen (secondary N) is 1. The Balaban J connectivity index is 1.62. The number of ether oxygens (including phenoxy) is 1. The highest BCUT2D eigenvalue weighted by atomic mass is 16.5. The Labute approximate surface area is 236 Å². The van der Waals surface area contributed by atoms with Gasteiger partial charge in [0.2, 0.25) is 0 Å². The zero-order chi connectivity index (χ0) is 29.4. The van der Waals surface area contributed by atoms with E-state index in [4.69, 9.17) is 16.3 Å². The molecule has 0 bridgehead atoms. The normalized spacial score (nSPS) is 14.7. The summed E-state index contributed by atoms with van der Waals surface area (Å²) in [5.74, 6) is 6.93. The Bertz CT molecular complexity index is 1430. The van der Waals surface area contributed by atoms with Crippen LogP contribution in [0.15, 0.2) is 42.7 Å². The zero-order valence-electron chi connectivity index (χ0n) is 24.4. The average Bonchev–Trinajstić information content (AvgIpc) is 3.20. The van der Waals surface area contributed by atoms with Gasteiger partial charge in [0, 0.05) is 66.5 Å². The third-order valence-electron chi connectivity index (χ3n) is 7.34. The van der Waals surface area contributed by atoms with Gasteiger partial charge >= 0.3 is 0 Å². The number of anilines is 2. The van der Waals surface area contributed by atoms with E-state index in [1.165, 1.54) is 5.01 Å².